The summed E-state index contributed by atoms with van der Waals surface area (Å²) >= 11 is 0. The monoisotopic (exact) mass is 921 g/mol. The summed E-state index contributed by atoms with van der Waals surface area (Å²) in [6, 6.07) is 0. The Kier molecular flexibility index (Phi) is 46.3. The van der Waals surface area contributed by atoms with E-state index >= 15 is 0 Å². The van der Waals surface area contributed by atoms with Crippen LogP contribution in [0.4, 0.5) is 0 Å². The quantitative estimate of drug-likeness (QED) is 0.0214. The molecule has 0 saturated heterocycles. The Morgan fingerprint density at radius 2 is 0.906 bits per heavy atom. The van der Waals surface area contributed by atoms with Gasteiger partial charge in [0.2, 0.25) is 0 Å². The highest BCUT2D eigenvalue weighted by atomic mass is 31.2. The highest BCUT2D eigenvalue weighted by molar-refractivity contribution is 7.47. The molecule has 0 aliphatic carbocycles. The molecule has 0 spiro atoms. The fourth-order valence-corrected chi connectivity index (χ4v) is 8.03. The highest BCUT2D eigenvalue weighted by Gasteiger charge is 2.26. The summed E-state index contributed by atoms with van der Waals surface area (Å²) in [6.07, 6.45) is 61.4. The lowest BCUT2D eigenvalue weighted by Crippen LogP contribution is -2.37. The topological polar surface area (TPSA) is 91.3 Å². The summed E-state index contributed by atoms with van der Waals surface area (Å²) in [4.78, 5) is 23.0. The van der Waals surface area contributed by atoms with Gasteiger partial charge in [0.25, 0.3) is 0 Å². The van der Waals surface area contributed by atoms with Crippen molar-refractivity contribution in [2.45, 2.75) is 232 Å². The van der Waals surface area contributed by atoms with Crippen molar-refractivity contribution in [3.05, 3.63) is 60.8 Å². The fraction of sp³-hybridized carbons (Fsp3) is 0.800. The summed E-state index contributed by atoms with van der Waals surface area (Å²) in [7, 11) is 1.64. The molecular weight excluding hydrogens is 818 g/mol. The van der Waals surface area contributed by atoms with E-state index in [1.807, 2.05) is 21.1 Å². The van der Waals surface area contributed by atoms with Gasteiger partial charge in [-0.2, -0.15) is 0 Å². The van der Waals surface area contributed by atoms with Crippen molar-refractivity contribution in [1.29, 1.82) is 0 Å². The number of quaternary nitrogens is 1. The second kappa shape index (κ2) is 47.7. The summed E-state index contributed by atoms with van der Waals surface area (Å²) in [5, 5.41) is 0. The van der Waals surface area contributed by atoms with Gasteiger partial charge in [0.15, 0.2) is 0 Å². The van der Waals surface area contributed by atoms with Crippen LogP contribution in [0.25, 0.3) is 0 Å². The Balaban J connectivity index is 4.14. The van der Waals surface area contributed by atoms with Gasteiger partial charge in [0.1, 0.15) is 19.3 Å². The summed E-state index contributed by atoms with van der Waals surface area (Å²) < 4.78 is 35.1. The van der Waals surface area contributed by atoms with Crippen LogP contribution in [0.5, 0.6) is 0 Å². The van der Waals surface area contributed by atoms with E-state index in [1.165, 1.54) is 135 Å². The number of allylic oxidation sites excluding steroid dienone is 10. The molecule has 2 atom stereocenters. The number of ether oxygens (including phenoxy) is 2. The molecule has 0 heterocycles. The van der Waals surface area contributed by atoms with E-state index in [1.54, 1.807) is 0 Å². The van der Waals surface area contributed by atoms with E-state index in [-0.39, 0.29) is 25.8 Å². The molecule has 0 rings (SSSR count). The first-order valence-electron chi connectivity index (χ1n) is 26.5. The van der Waals surface area contributed by atoms with Crippen LogP contribution < -0.4 is 0 Å². The molecule has 0 saturated carbocycles. The number of esters is 1. The largest absolute Gasteiger partial charge is 0.472 e. The van der Waals surface area contributed by atoms with E-state index in [2.05, 4.69) is 74.6 Å². The molecule has 0 radical (unpaired) electrons. The Labute approximate surface area is 396 Å². The van der Waals surface area contributed by atoms with Gasteiger partial charge < -0.3 is 18.9 Å². The second-order valence-electron chi connectivity index (χ2n) is 18.9. The van der Waals surface area contributed by atoms with Gasteiger partial charge >= 0.3 is 13.8 Å². The molecule has 0 aromatic carbocycles. The molecule has 9 heteroatoms. The average molecular weight is 921 g/mol. The zero-order valence-corrected chi connectivity index (χ0v) is 43.4. The number of hydrogen-bond donors (Lipinski definition) is 1. The van der Waals surface area contributed by atoms with Crippen LogP contribution in [0.1, 0.15) is 226 Å². The van der Waals surface area contributed by atoms with Crippen molar-refractivity contribution in [3.8, 4) is 0 Å². The first-order chi connectivity index (χ1) is 31.1. The van der Waals surface area contributed by atoms with Crippen molar-refractivity contribution < 1.29 is 37.3 Å². The van der Waals surface area contributed by atoms with Gasteiger partial charge in [0, 0.05) is 13.0 Å². The number of hydrogen-bond acceptors (Lipinski definition) is 6. The molecule has 0 aliphatic heterocycles. The lowest BCUT2D eigenvalue weighted by atomic mass is 10.0. The molecular formula is C55H103NO7P+. The Hall–Kier alpha value is -1.80. The summed E-state index contributed by atoms with van der Waals surface area (Å²) in [5.74, 6) is -0.326. The Morgan fingerprint density at radius 3 is 1.33 bits per heavy atom. The van der Waals surface area contributed by atoms with Gasteiger partial charge in [-0.25, -0.2) is 4.57 Å². The van der Waals surface area contributed by atoms with E-state index in [4.69, 9.17) is 18.5 Å². The number of unbranched alkanes of at least 4 members (excludes halogenated alkanes) is 25. The van der Waals surface area contributed by atoms with Gasteiger partial charge in [-0.05, 0) is 57.8 Å². The molecule has 0 aliphatic rings. The molecule has 64 heavy (non-hydrogen) atoms. The lowest BCUT2D eigenvalue weighted by molar-refractivity contribution is -0.870. The average Bonchev–Trinajstić information content (AvgIpc) is 3.25. The van der Waals surface area contributed by atoms with Crippen LogP contribution in [0.15, 0.2) is 60.8 Å². The molecule has 0 aromatic heterocycles. The number of rotatable bonds is 49. The van der Waals surface area contributed by atoms with E-state index in [0.717, 1.165) is 70.6 Å². The van der Waals surface area contributed by atoms with E-state index in [0.29, 0.717) is 24.1 Å². The highest BCUT2D eigenvalue weighted by Crippen LogP contribution is 2.43. The number of phosphoric acid groups is 1. The van der Waals surface area contributed by atoms with E-state index < -0.39 is 13.9 Å². The number of carbonyl (C=O) groups excluding carboxylic acids is 1. The van der Waals surface area contributed by atoms with Crippen LogP contribution >= 0.6 is 7.82 Å². The van der Waals surface area contributed by atoms with Gasteiger partial charge in [-0.3, -0.25) is 13.8 Å². The normalized spacial score (nSPS) is 14.0. The predicted octanol–water partition coefficient (Wildman–Crippen LogP) is 16.4. The van der Waals surface area contributed by atoms with Crippen LogP contribution in [0.3, 0.4) is 0 Å². The second-order valence-corrected chi connectivity index (χ2v) is 20.3. The number of carbonyl (C=O) groups is 1. The smallest absolute Gasteiger partial charge is 0.457 e. The zero-order chi connectivity index (χ0) is 46.9. The molecule has 374 valence electrons. The fourth-order valence-electron chi connectivity index (χ4n) is 7.29. The third-order valence-corrected chi connectivity index (χ3v) is 12.3. The van der Waals surface area contributed by atoms with Crippen molar-refractivity contribution in [2.75, 3.05) is 54.1 Å². The molecule has 0 bridgehead atoms. The number of likely N-dealkylation sites (N-methyl/N-ethyl adjacent to an activating group) is 1. The molecule has 8 nitrogen and oxygen atoms in total. The lowest BCUT2D eigenvalue weighted by Gasteiger charge is -2.24. The van der Waals surface area contributed by atoms with Crippen LogP contribution in [-0.2, 0) is 27.9 Å². The van der Waals surface area contributed by atoms with Crippen LogP contribution in [-0.4, -0.2) is 75.6 Å². The minimum Gasteiger partial charge on any atom is -0.457 e. The first-order valence-corrected chi connectivity index (χ1v) is 28.0. The van der Waals surface area contributed by atoms with E-state index in [9.17, 15) is 14.3 Å². The first kappa shape index (κ1) is 62.2. The van der Waals surface area contributed by atoms with Crippen LogP contribution in [0.2, 0.25) is 0 Å². The molecule has 0 fully saturated rings. The van der Waals surface area contributed by atoms with Gasteiger partial charge in [0.05, 0.1) is 34.4 Å². The maximum absolute atomic E-state index is 12.8. The van der Waals surface area contributed by atoms with Crippen LogP contribution in [0, 0.1) is 0 Å². The Morgan fingerprint density at radius 1 is 0.500 bits per heavy atom. The van der Waals surface area contributed by atoms with Gasteiger partial charge in [-0.1, -0.05) is 222 Å². The van der Waals surface area contributed by atoms with Crippen molar-refractivity contribution in [2.24, 2.45) is 0 Å². The standard InChI is InChI=1S/C55H102NO7P/c1-6-8-10-12-14-16-18-20-22-24-26-27-28-29-30-31-32-34-36-38-40-42-44-46-48-55(57)63-54(53-62-64(58,59)61-51-49-56(3,4)5)52-60-50-47-45-43-41-39-37-35-33-25-23-21-19-17-15-13-11-9-7-2/h9,11,15,17,21,23,33,35,39,41,54H,6-8,10,12-14,16,18-20,22,24-32,34,36-38,40,42-53H2,1-5H3/p+1/b11-9-,17-15-,23-21-,35-33-,41-39-. The van der Waals surface area contributed by atoms with Crippen molar-refractivity contribution in [1.82, 2.24) is 0 Å². The molecule has 1 N–H and O–H groups in total. The molecule has 0 aromatic rings. The molecule has 2 unspecified atom stereocenters. The minimum absolute atomic E-state index is 0.0791. The predicted molar refractivity (Wildman–Crippen MR) is 275 cm³/mol. The SMILES string of the molecule is CC/C=C\C/C=C\C/C=C\C/C=C\C/C=C\CCCCOCC(COP(=O)(O)OCC[N+](C)(C)C)OC(=O)CCCCCCCCCCCCCCCCCCCCCCCCCC. The third-order valence-electron chi connectivity index (χ3n) is 11.3. The molecule has 0 amide bonds. The maximum atomic E-state index is 12.8. The summed E-state index contributed by atoms with van der Waals surface area (Å²) in [5.41, 5.74) is 0. The number of nitrogens with zero attached hydrogens (tertiary/aromatic N) is 1. The Bertz CT molecular complexity index is 1210. The maximum Gasteiger partial charge on any atom is 0.472 e. The minimum atomic E-state index is -4.29. The van der Waals surface area contributed by atoms with Crippen molar-refractivity contribution >= 4 is 13.8 Å². The third kappa shape index (κ3) is 51.2. The van der Waals surface area contributed by atoms with Crippen molar-refractivity contribution in [3.63, 3.8) is 0 Å². The zero-order valence-electron chi connectivity index (χ0n) is 42.5. The van der Waals surface area contributed by atoms with Gasteiger partial charge in [-0.15, -0.1) is 0 Å². The number of phosphoric ester groups is 1. The summed E-state index contributed by atoms with van der Waals surface area (Å²) in [6.45, 7) is 5.42.